The molecule has 4 N–H and O–H groups in total. The van der Waals surface area contributed by atoms with Gasteiger partial charge in [-0.05, 0) is 58.3 Å². The van der Waals surface area contributed by atoms with Gasteiger partial charge in [-0.3, -0.25) is 14.8 Å². The molecule has 0 aliphatic carbocycles. The number of benzene rings is 2. The molecule has 12 heteroatoms. The maximum atomic E-state index is 12.9. The number of hydrogen-bond acceptors (Lipinski definition) is 8. The quantitative estimate of drug-likeness (QED) is 0.216. The van der Waals surface area contributed by atoms with E-state index in [2.05, 4.69) is 10.0 Å². The average molecular weight is 533 g/mol. The molecule has 0 saturated carbocycles. The lowest BCUT2D eigenvalue weighted by atomic mass is 9.94. The first-order valence-electron chi connectivity index (χ1n) is 11.4. The van der Waals surface area contributed by atoms with Crippen LogP contribution in [0.2, 0.25) is 0 Å². The zero-order valence-electron chi connectivity index (χ0n) is 21.4. The number of nitrogens with zero attached hydrogens (tertiary/aromatic N) is 1. The zero-order valence-corrected chi connectivity index (χ0v) is 22.2. The maximum absolute atomic E-state index is 12.9. The first-order valence-corrected chi connectivity index (χ1v) is 13.3. The minimum Gasteiger partial charge on any atom is -0.492 e. The van der Waals surface area contributed by atoms with Crippen LogP contribution in [0.15, 0.2) is 52.9 Å². The fourth-order valence-electron chi connectivity index (χ4n) is 3.76. The summed E-state index contributed by atoms with van der Waals surface area (Å²) in [7, 11) is 0.237. The van der Waals surface area contributed by atoms with Crippen molar-refractivity contribution in [3.63, 3.8) is 0 Å². The molecule has 3 rings (SSSR count). The average Bonchev–Trinajstić information content (AvgIpc) is 3.23. The highest BCUT2D eigenvalue weighted by Crippen LogP contribution is 2.30. The van der Waals surface area contributed by atoms with Gasteiger partial charge in [-0.25, -0.2) is 18.6 Å². The highest BCUT2D eigenvalue weighted by molar-refractivity contribution is 7.88. The topological polar surface area (TPSA) is 150 Å². The Morgan fingerprint density at radius 3 is 2.38 bits per heavy atom. The third-order valence-electron chi connectivity index (χ3n) is 5.55. The molecule has 11 nitrogen and oxygen atoms in total. The van der Waals surface area contributed by atoms with Gasteiger partial charge in [0.2, 0.25) is 10.0 Å². The van der Waals surface area contributed by atoms with Crippen molar-refractivity contribution in [2.45, 2.75) is 25.4 Å². The summed E-state index contributed by atoms with van der Waals surface area (Å²) in [6, 6.07) is 12.6. The molecule has 3 aromatic rings. The van der Waals surface area contributed by atoms with Crippen molar-refractivity contribution in [2.75, 3.05) is 33.5 Å². The summed E-state index contributed by atoms with van der Waals surface area (Å²) in [4.78, 5) is 27.1. The normalized spacial score (nSPS) is 12.9. The molecule has 0 fully saturated rings. The molecule has 200 valence electrons. The fraction of sp³-hybridized carbons (Fsp3) is 0.360. The van der Waals surface area contributed by atoms with Crippen molar-refractivity contribution in [3.05, 3.63) is 54.1 Å². The van der Waals surface area contributed by atoms with E-state index >= 15 is 0 Å². The van der Waals surface area contributed by atoms with Crippen LogP contribution in [-0.4, -0.2) is 75.4 Å². The van der Waals surface area contributed by atoms with Gasteiger partial charge in [-0.15, -0.1) is 0 Å². The lowest BCUT2D eigenvalue weighted by molar-refractivity contribution is -0.132. The molecule has 0 spiro atoms. The predicted octanol–water partition coefficient (Wildman–Crippen LogP) is 1.97. The number of furan rings is 1. The second kappa shape index (κ2) is 11.3. The monoisotopic (exact) mass is 532 g/mol. The summed E-state index contributed by atoms with van der Waals surface area (Å²) in [6.45, 7) is 4.17. The summed E-state index contributed by atoms with van der Waals surface area (Å²) < 4.78 is 37.5. The van der Waals surface area contributed by atoms with E-state index in [1.165, 1.54) is 19.3 Å². The fourth-order valence-corrected chi connectivity index (χ4v) is 4.84. The van der Waals surface area contributed by atoms with E-state index < -0.39 is 33.4 Å². The summed E-state index contributed by atoms with van der Waals surface area (Å²) in [6.07, 6.45) is 0.931. The molecule has 0 unspecified atom stereocenters. The van der Waals surface area contributed by atoms with Crippen molar-refractivity contribution in [2.24, 2.45) is 0 Å². The number of fused-ring (bicyclic) bond motifs is 1. The summed E-state index contributed by atoms with van der Waals surface area (Å²) >= 11 is 0. The first kappa shape index (κ1) is 28.1. The highest BCUT2D eigenvalue weighted by Gasteiger charge is 2.38. The van der Waals surface area contributed by atoms with Crippen molar-refractivity contribution in [1.29, 1.82) is 0 Å². The highest BCUT2D eigenvalue weighted by atomic mass is 32.2. The number of ether oxygens (including phenoxy) is 1. The lowest BCUT2D eigenvalue weighted by Gasteiger charge is -2.33. The molecule has 37 heavy (non-hydrogen) atoms. The smallest absolute Gasteiger partial charge is 0.267 e. The molecule has 0 saturated heterocycles. The lowest BCUT2D eigenvalue weighted by Crippen LogP contribution is -2.64. The molecular weight excluding hydrogens is 500 g/mol. The van der Waals surface area contributed by atoms with Gasteiger partial charge in [0.15, 0.2) is 0 Å². The van der Waals surface area contributed by atoms with Gasteiger partial charge in [-0.1, -0.05) is 12.1 Å². The molecule has 1 aromatic heterocycles. The Labute approximate surface area is 215 Å². The third-order valence-corrected chi connectivity index (χ3v) is 6.45. The minimum absolute atomic E-state index is 0.224. The summed E-state index contributed by atoms with van der Waals surface area (Å²) in [5.74, 6) is -0.299. The first-order chi connectivity index (χ1) is 17.3. The van der Waals surface area contributed by atoms with E-state index in [9.17, 15) is 18.0 Å². The molecule has 0 aliphatic rings. The van der Waals surface area contributed by atoms with Crippen LogP contribution < -0.4 is 20.3 Å². The Bertz CT molecular complexity index is 1370. The van der Waals surface area contributed by atoms with Crippen molar-refractivity contribution in [3.8, 4) is 17.1 Å². The van der Waals surface area contributed by atoms with Crippen LogP contribution in [0, 0.1) is 0 Å². The standard InChI is InChI=1S/C25H32N4O7S/c1-25(2,28-37(5,33)34)22(24(31)27-32)26-23(30)17-8-6-16(7-9-17)20-14-18-10-11-19(15-21(18)36-20)35-13-12-29(3)4/h6-11,14-15,22,28,32H,12-13H2,1-5H3,(H,26,30)(H,27,31)/t22-/m1/s1. The Hall–Kier alpha value is -3.45. The number of amides is 2. The molecular formula is C25H32N4O7S. The Balaban J connectivity index is 1.76. The number of carbonyl (C=O) groups excluding carboxylic acids is 2. The van der Waals surface area contributed by atoms with Gasteiger partial charge in [0.05, 0.1) is 11.8 Å². The number of sulfonamides is 1. The van der Waals surface area contributed by atoms with Crippen molar-refractivity contribution in [1.82, 2.24) is 20.4 Å². The third kappa shape index (κ3) is 7.52. The molecule has 0 aliphatic heterocycles. The van der Waals surface area contributed by atoms with E-state index in [1.54, 1.807) is 24.3 Å². The van der Waals surface area contributed by atoms with Crippen LogP contribution in [0.1, 0.15) is 24.2 Å². The van der Waals surface area contributed by atoms with Crippen LogP contribution in [0.25, 0.3) is 22.3 Å². The minimum atomic E-state index is -3.71. The van der Waals surface area contributed by atoms with E-state index in [1.807, 2.05) is 43.3 Å². The Kier molecular flexibility index (Phi) is 8.59. The van der Waals surface area contributed by atoms with Crippen molar-refractivity contribution >= 4 is 32.8 Å². The van der Waals surface area contributed by atoms with Crippen LogP contribution in [0.4, 0.5) is 0 Å². The van der Waals surface area contributed by atoms with E-state index in [-0.39, 0.29) is 5.56 Å². The van der Waals surface area contributed by atoms with Crippen LogP contribution >= 0.6 is 0 Å². The summed E-state index contributed by atoms with van der Waals surface area (Å²) in [5, 5.41) is 12.5. The van der Waals surface area contributed by atoms with Crippen LogP contribution in [-0.2, 0) is 14.8 Å². The number of carbonyl (C=O) groups is 2. The van der Waals surface area contributed by atoms with Crippen molar-refractivity contribution < 1.29 is 32.4 Å². The van der Waals surface area contributed by atoms with E-state index in [0.717, 1.165) is 23.8 Å². The molecule has 1 atom stereocenters. The number of hydroxylamine groups is 1. The van der Waals surface area contributed by atoms with E-state index in [0.29, 0.717) is 23.7 Å². The zero-order chi connectivity index (χ0) is 27.4. The van der Waals surface area contributed by atoms with Crippen LogP contribution in [0.3, 0.4) is 0 Å². The summed E-state index contributed by atoms with van der Waals surface area (Å²) in [5.41, 5.74) is 1.65. The maximum Gasteiger partial charge on any atom is 0.267 e. The van der Waals surface area contributed by atoms with Gasteiger partial charge in [0.1, 0.15) is 29.7 Å². The Morgan fingerprint density at radius 1 is 1.11 bits per heavy atom. The van der Waals surface area contributed by atoms with Gasteiger partial charge in [0.25, 0.3) is 11.8 Å². The predicted molar refractivity (Wildman–Crippen MR) is 139 cm³/mol. The SMILES string of the molecule is CN(C)CCOc1ccc2cc(-c3ccc(C(=O)N[C@H](C(=O)NO)C(C)(C)NS(C)(=O)=O)cc3)oc2c1. The van der Waals surface area contributed by atoms with E-state index in [4.69, 9.17) is 14.4 Å². The van der Waals surface area contributed by atoms with Gasteiger partial charge in [-0.2, -0.15) is 0 Å². The molecule has 2 aromatic carbocycles. The van der Waals surface area contributed by atoms with Gasteiger partial charge < -0.3 is 19.4 Å². The molecule has 0 radical (unpaired) electrons. The number of hydrogen-bond donors (Lipinski definition) is 4. The number of rotatable bonds is 11. The Morgan fingerprint density at radius 2 is 1.78 bits per heavy atom. The second-order valence-corrected chi connectivity index (χ2v) is 11.3. The molecule has 1 heterocycles. The largest absolute Gasteiger partial charge is 0.492 e. The molecule has 0 bridgehead atoms. The van der Waals surface area contributed by atoms with Gasteiger partial charge in [0, 0.05) is 29.1 Å². The number of nitrogens with one attached hydrogen (secondary N) is 3. The second-order valence-electron chi connectivity index (χ2n) is 9.52. The molecule has 2 amide bonds. The van der Waals surface area contributed by atoms with Crippen LogP contribution in [0.5, 0.6) is 5.75 Å². The number of likely N-dealkylation sites (N-methyl/N-ethyl adjacent to an activating group) is 1. The van der Waals surface area contributed by atoms with Gasteiger partial charge >= 0.3 is 0 Å².